The number of anilines is 2. The minimum atomic E-state index is -0.287. The van der Waals surface area contributed by atoms with E-state index in [1.165, 1.54) is 0 Å². The van der Waals surface area contributed by atoms with Gasteiger partial charge in [0.25, 0.3) is 5.91 Å². The van der Waals surface area contributed by atoms with E-state index in [0.29, 0.717) is 35.4 Å². The molecule has 2 aliphatic rings. The molecule has 5 heteroatoms. The Balaban J connectivity index is 1.73. The molecule has 0 atom stereocenters. The van der Waals surface area contributed by atoms with Crippen molar-refractivity contribution in [1.29, 1.82) is 0 Å². The number of rotatable bonds is 3. The van der Waals surface area contributed by atoms with E-state index in [4.69, 9.17) is 0 Å². The molecule has 0 saturated heterocycles. The summed E-state index contributed by atoms with van der Waals surface area (Å²) in [7, 11) is 0. The molecular formula is C23H22N2O3. The zero-order valence-corrected chi connectivity index (χ0v) is 16.0. The first kappa shape index (κ1) is 18.2. The summed E-state index contributed by atoms with van der Waals surface area (Å²) in [5, 5.41) is 2.87. The van der Waals surface area contributed by atoms with Crippen LogP contribution in [0.25, 0.3) is 0 Å². The second-order valence-corrected chi connectivity index (χ2v) is 8.11. The van der Waals surface area contributed by atoms with Gasteiger partial charge in [-0.3, -0.25) is 19.3 Å². The highest BCUT2D eigenvalue weighted by atomic mass is 16.2. The fourth-order valence-electron chi connectivity index (χ4n) is 3.98. The highest BCUT2D eigenvalue weighted by Crippen LogP contribution is 2.44. The van der Waals surface area contributed by atoms with Crippen molar-refractivity contribution in [2.24, 2.45) is 5.41 Å². The van der Waals surface area contributed by atoms with Gasteiger partial charge in [-0.05, 0) is 36.1 Å². The van der Waals surface area contributed by atoms with Crippen LogP contribution in [0, 0.1) is 5.41 Å². The molecule has 142 valence electrons. The molecular weight excluding hydrogens is 352 g/mol. The van der Waals surface area contributed by atoms with Crippen molar-refractivity contribution in [1.82, 2.24) is 0 Å². The molecule has 1 aliphatic carbocycles. The lowest BCUT2D eigenvalue weighted by Crippen LogP contribution is -2.32. The average molecular weight is 374 g/mol. The fourth-order valence-corrected chi connectivity index (χ4v) is 3.98. The second kappa shape index (κ2) is 6.75. The van der Waals surface area contributed by atoms with Gasteiger partial charge in [0, 0.05) is 23.4 Å². The largest absolute Gasteiger partial charge is 0.322 e. The predicted molar refractivity (Wildman–Crippen MR) is 108 cm³/mol. The van der Waals surface area contributed by atoms with Crippen LogP contribution in [0.5, 0.6) is 0 Å². The molecule has 0 aromatic heterocycles. The maximum atomic E-state index is 12.9. The van der Waals surface area contributed by atoms with Gasteiger partial charge in [-0.25, -0.2) is 0 Å². The summed E-state index contributed by atoms with van der Waals surface area (Å²) < 4.78 is 0. The maximum Gasteiger partial charge on any atom is 0.257 e. The van der Waals surface area contributed by atoms with Gasteiger partial charge >= 0.3 is 0 Å². The van der Waals surface area contributed by atoms with Crippen molar-refractivity contribution in [3.63, 3.8) is 0 Å². The van der Waals surface area contributed by atoms with Crippen molar-refractivity contribution in [2.75, 3.05) is 10.2 Å². The van der Waals surface area contributed by atoms with Crippen LogP contribution in [0.15, 0.2) is 65.9 Å². The molecule has 0 unspecified atom stereocenters. The number of hydrogen-bond donors (Lipinski definition) is 1. The Hall–Kier alpha value is -3.21. The number of hydrogen-bond acceptors (Lipinski definition) is 3. The van der Waals surface area contributed by atoms with E-state index in [9.17, 15) is 14.4 Å². The summed E-state index contributed by atoms with van der Waals surface area (Å²) in [6.07, 6.45) is 1.19. The van der Waals surface area contributed by atoms with E-state index in [2.05, 4.69) is 5.32 Å². The molecule has 4 rings (SSSR count). The van der Waals surface area contributed by atoms with Gasteiger partial charge in [0.05, 0.1) is 17.7 Å². The summed E-state index contributed by atoms with van der Waals surface area (Å²) in [6.45, 7) is 4.06. The molecule has 1 heterocycles. The Morgan fingerprint density at radius 1 is 0.964 bits per heavy atom. The molecule has 0 saturated carbocycles. The number of nitrogens with one attached hydrogen (secondary N) is 1. The summed E-state index contributed by atoms with van der Waals surface area (Å²) in [6, 6.07) is 16.2. The molecule has 2 amide bonds. The van der Waals surface area contributed by atoms with Gasteiger partial charge in [-0.2, -0.15) is 0 Å². The summed E-state index contributed by atoms with van der Waals surface area (Å²) in [4.78, 5) is 39.9. The second-order valence-electron chi connectivity index (χ2n) is 8.11. The minimum absolute atomic E-state index is 0.0355. The molecule has 0 spiro atoms. The van der Waals surface area contributed by atoms with Crippen LogP contribution in [0.3, 0.4) is 0 Å². The molecule has 1 aliphatic heterocycles. The summed E-state index contributed by atoms with van der Waals surface area (Å²) >= 11 is 0. The summed E-state index contributed by atoms with van der Waals surface area (Å²) in [5.41, 5.74) is 2.75. The number of amides is 2. The van der Waals surface area contributed by atoms with Crippen LogP contribution < -0.4 is 10.2 Å². The van der Waals surface area contributed by atoms with Crippen LogP contribution in [0.4, 0.5) is 11.4 Å². The first-order valence-electron chi connectivity index (χ1n) is 9.39. The normalized spacial score (nSPS) is 18.3. The van der Waals surface area contributed by atoms with Crippen LogP contribution in [0.1, 0.15) is 43.5 Å². The zero-order chi connectivity index (χ0) is 19.9. The molecule has 0 radical (unpaired) electrons. The lowest BCUT2D eigenvalue weighted by Gasteiger charge is -2.33. The van der Waals surface area contributed by atoms with Gasteiger partial charge < -0.3 is 5.32 Å². The number of carbonyl (C=O) groups excluding carboxylic acids is 3. The number of nitrogens with zero attached hydrogens (tertiary/aromatic N) is 1. The minimum Gasteiger partial charge on any atom is -0.322 e. The molecule has 5 nitrogen and oxygen atoms in total. The fraction of sp³-hybridized carbons (Fsp3) is 0.261. The standard InChI is InChI=1S/C23H22N2O3/c1-23(2)13-19-17(20(26)14-23)12-21(27)25(19)18-11-7-6-10-16(18)22(28)24-15-8-4-3-5-9-15/h3-11H,12-14H2,1-2H3,(H,24,28). The van der Waals surface area contributed by atoms with Gasteiger partial charge in [-0.1, -0.05) is 44.2 Å². The molecule has 28 heavy (non-hydrogen) atoms. The van der Waals surface area contributed by atoms with E-state index in [1.54, 1.807) is 29.2 Å². The number of carbonyl (C=O) groups is 3. The van der Waals surface area contributed by atoms with Crippen LogP contribution in [0.2, 0.25) is 0 Å². The Morgan fingerprint density at radius 3 is 2.39 bits per heavy atom. The smallest absolute Gasteiger partial charge is 0.257 e. The van der Waals surface area contributed by atoms with Crippen molar-refractivity contribution < 1.29 is 14.4 Å². The topological polar surface area (TPSA) is 66.5 Å². The molecule has 2 aromatic carbocycles. The Morgan fingerprint density at radius 2 is 1.64 bits per heavy atom. The Kier molecular flexibility index (Phi) is 4.38. The number of allylic oxidation sites excluding steroid dienone is 1. The maximum absolute atomic E-state index is 12.9. The van der Waals surface area contributed by atoms with Crippen LogP contribution >= 0.6 is 0 Å². The Labute approximate surface area is 164 Å². The van der Waals surface area contributed by atoms with Gasteiger partial charge in [0.2, 0.25) is 5.91 Å². The van der Waals surface area contributed by atoms with E-state index in [-0.39, 0.29) is 29.4 Å². The Bertz CT molecular complexity index is 1010. The van der Waals surface area contributed by atoms with Gasteiger partial charge in [0.15, 0.2) is 5.78 Å². The number of ketones is 1. The van der Waals surface area contributed by atoms with Crippen molar-refractivity contribution in [3.05, 3.63) is 71.4 Å². The summed E-state index contributed by atoms with van der Waals surface area (Å²) in [5.74, 6) is -0.408. The third-order valence-electron chi connectivity index (χ3n) is 5.24. The van der Waals surface area contributed by atoms with Crippen molar-refractivity contribution in [3.8, 4) is 0 Å². The zero-order valence-electron chi connectivity index (χ0n) is 16.0. The monoisotopic (exact) mass is 374 g/mol. The molecule has 0 fully saturated rings. The highest BCUT2D eigenvalue weighted by Gasteiger charge is 2.43. The van der Waals surface area contributed by atoms with E-state index in [1.807, 2.05) is 44.2 Å². The van der Waals surface area contributed by atoms with Crippen molar-refractivity contribution >= 4 is 29.0 Å². The van der Waals surface area contributed by atoms with Crippen molar-refractivity contribution in [2.45, 2.75) is 33.1 Å². The number of benzene rings is 2. The average Bonchev–Trinajstić information content (AvgIpc) is 2.97. The third-order valence-corrected chi connectivity index (χ3v) is 5.24. The van der Waals surface area contributed by atoms with E-state index in [0.717, 1.165) is 5.70 Å². The highest BCUT2D eigenvalue weighted by molar-refractivity contribution is 6.16. The third kappa shape index (κ3) is 3.24. The molecule has 0 bridgehead atoms. The van der Waals surface area contributed by atoms with E-state index >= 15 is 0 Å². The first-order valence-corrected chi connectivity index (χ1v) is 9.39. The molecule has 2 aromatic rings. The van der Waals surface area contributed by atoms with E-state index < -0.39 is 0 Å². The lowest BCUT2D eigenvalue weighted by atomic mass is 9.76. The number of para-hydroxylation sites is 2. The van der Waals surface area contributed by atoms with Crippen LogP contribution in [-0.2, 0) is 9.59 Å². The lowest BCUT2D eigenvalue weighted by molar-refractivity contribution is -0.120. The SMILES string of the molecule is CC1(C)CC(=O)C2=C(C1)N(c1ccccc1C(=O)Nc1ccccc1)C(=O)C2. The number of Topliss-reactive ketones (excluding diaryl/α,β-unsaturated/α-hetero) is 1. The van der Waals surface area contributed by atoms with Crippen LogP contribution in [-0.4, -0.2) is 17.6 Å². The van der Waals surface area contributed by atoms with Gasteiger partial charge in [-0.15, -0.1) is 0 Å². The predicted octanol–water partition coefficient (Wildman–Crippen LogP) is 4.32. The molecule has 1 N–H and O–H groups in total. The van der Waals surface area contributed by atoms with Gasteiger partial charge in [0.1, 0.15) is 0 Å². The first-order chi connectivity index (χ1) is 13.4. The quantitative estimate of drug-likeness (QED) is 0.870.